The van der Waals surface area contributed by atoms with E-state index in [2.05, 4.69) is 0 Å². The van der Waals surface area contributed by atoms with Gasteiger partial charge in [0.1, 0.15) is 23.9 Å². The van der Waals surface area contributed by atoms with Crippen molar-refractivity contribution in [3.05, 3.63) is 80.9 Å². The number of rotatable bonds is 6. The molecule has 1 aromatic heterocycles. The molecule has 8 heteroatoms. The Morgan fingerprint density at radius 2 is 1.90 bits per heavy atom. The Kier molecular flexibility index (Phi) is 6.41. The molecule has 0 saturated carbocycles. The lowest BCUT2D eigenvalue weighted by Gasteiger charge is -2.13. The summed E-state index contributed by atoms with van der Waals surface area (Å²) in [6, 6.07) is 16.2. The Bertz CT molecular complexity index is 1190. The number of hydrogen-bond donors (Lipinski definition) is 0. The zero-order valence-electron chi connectivity index (χ0n) is 16.4. The average Bonchev–Trinajstić information content (AvgIpc) is 3.31. The van der Waals surface area contributed by atoms with E-state index >= 15 is 0 Å². The predicted octanol–water partition coefficient (Wildman–Crippen LogP) is 6.68. The molecule has 0 bridgehead atoms. The molecule has 0 radical (unpaired) electrons. The van der Waals surface area contributed by atoms with Gasteiger partial charge in [-0.05, 0) is 60.6 Å². The van der Waals surface area contributed by atoms with Gasteiger partial charge in [0.15, 0.2) is 0 Å². The molecule has 5 nitrogen and oxygen atoms in total. The zero-order valence-corrected chi connectivity index (χ0v) is 18.8. The molecule has 1 aliphatic rings. The quantitative estimate of drug-likeness (QED) is 0.373. The molecular formula is C23H17Cl2NO4S. The van der Waals surface area contributed by atoms with Gasteiger partial charge in [-0.2, -0.15) is 0 Å². The fourth-order valence-electron chi connectivity index (χ4n) is 3.07. The highest BCUT2D eigenvalue weighted by Crippen LogP contribution is 2.34. The maximum Gasteiger partial charge on any atom is 0.293 e. The van der Waals surface area contributed by atoms with Gasteiger partial charge < -0.3 is 9.15 Å². The lowest BCUT2D eigenvalue weighted by Crippen LogP contribution is -2.32. The number of amides is 2. The number of furan rings is 1. The van der Waals surface area contributed by atoms with Gasteiger partial charge in [-0.1, -0.05) is 41.4 Å². The van der Waals surface area contributed by atoms with Crippen molar-refractivity contribution in [1.29, 1.82) is 0 Å². The molecule has 4 rings (SSSR count). The van der Waals surface area contributed by atoms with Gasteiger partial charge >= 0.3 is 0 Å². The predicted molar refractivity (Wildman–Crippen MR) is 124 cm³/mol. The van der Waals surface area contributed by atoms with Crippen LogP contribution in [-0.4, -0.2) is 29.2 Å². The summed E-state index contributed by atoms with van der Waals surface area (Å²) in [5.74, 6) is 1.24. The fraction of sp³-hybridized carbons (Fsp3) is 0.130. The molecule has 3 aromatic rings. The van der Waals surface area contributed by atoms with E-state index in [0.717, 1.165) is 27.8 Å². The zero-order chi connectivity index (χ0) is 22.0. The van der Waals surface area contributed by atoms with E-state index in [0.29, 0.717) is 32.2 Å². The first-order chi connectivity index (χ1) is 14.9. The molecule has 2 aromatic carbocycles. The van der Waals surface area contributed by atoms with Crippen LogP contribution >= 0.6 is 35.0 Å². The molecule has 1 aliphatic heterocycles. The molecule has 158 valence electrons. The lowest BCUT2D eigenvalue weighted by molar-refractivity contribution is -0.123. The van der Waals surface area contributed by atoms with E-state index in [1.807, 2.05) is 31.2 Å². The topological polar surface area (TPSA) is 59.8 Å². The summed E-state index contributed by atoms with van der Waals surface area (Å²) in [6.45, 7) is 2.23. The average molecular weight is 474 g/mol. The van der Waals surface area contributed by atoms with Gasteiger partial charge in [0.2, 0.25) is 0 Å². The summed E-state index contributed by atoms with van der Waals surface area (Å²) < 4.78 is 11.5. The van der Waals surface area contributed by atoms with Gasteiger partial charge in [-0.15, -0.1) is 0 Å². The first kappa shape index (κ1) is 21.6. The Morgan fingerprint density at radius 3 is 2.71 bits per heavy atom. The third-order valence-electron chi connectivity index (χ3n) is 4.65. The van der Waals surface area contributed by atoms with E-state index in [1.54, 1.807) is 36.4 Å². The Labute approximate surface area is 193 Å². The summed E-state index contributed by atoms with van der Waals surface area (Å²) in [5, 5.41) is 0.732. The number of benzene rings is 2. The second-order valence-electron chi connectivity index (χ2n) is 6.77. The van der Waals surface area contributed by atoms with E-state index in [4.69, 9.17) is 32.4 Å². The third-order valence-corrected chi connectivity index (χ3v) is 6.10. The van der Waals surface area contributed by atoms with E-state index in [1.165, 1.54) is 0 Å². The summed E-state index contributed by atoms with van der Waals surface area (Å²) in [5.41, 5.74) is 1.89. The van der Waals surface area contributed by atoms with E-state index in [-0.39, 0.29) is 24.3 Å². The minimum absolute atomic E-state index is 0.123. The van der Waals surface area contributed by atoms with Crippen LogP contribution in [-0.2, 0) is 4.79 Å². The Hall–Kier alpha value is -2.67. The molecule has 0 unspecified atom stereocenters. The third kappa shape index (κ3) is 4.82. The molecule has 1 fully saturated rings. The molecule has 0 atom stereocenters. The monoisotopic (exact) mass is 473 g/mol. The number of halogens is 2. The standard InChI is InChI=1S/C23H17Cl2NO4S/c1-14-6-7-15(24)12-17(14)19-9-8-16(30-19)13-21-22(27)26(23(28)31-21)10-11-29-20-5-3-2-4-18(20)25/h2-9,12-13H,10-11H2,1H3/b21-13-. The normalized spacial score (nSPS) is 15.2. The highest BCUT2D eigenvalue weighted by molar-refractivity contribution is 8.18. The maximum absolute atomic E-state index is 12.7. The second-order valence-corrected chi connectivity index (χ2v) is 8.61. The molecule has 1 saturated heterocycles. The van der Waals surface area contributed by atoms with Crippen molar-refractivity contribution >= 4 is 52.2 Å². The number of ether oxygens (including phenoxy) is 1. The van der Waals surface area contributed by atoms with Crippen molar-refractivity contribution in [1.82, 2.24) is 4.90 Å². The van der Waals surface area contributed by atoms with Gasteiger partial charge in [0.25, 0.3) is 11.1 Å². The van der Waals surface area contributed by atoms with Gasteiger partial charge in [0, 0.05) is 16.7 Å². The van der Waals surface area contributed by atoms with Crippen molar-refractivity contribution in [2.75, 3.05) is 13.2 Å². The number of imide groups is 1. The van der Waals surface area contributed by atoms with Gasteiger partial charge in [-0.3, -0.25) is 14.5 Å². The largest absolute Gasteiger partial charge is 0.490 e. The van der Waals surface area contributed by atoms with Crippen LogP contribution in [0.5, 0.6) is 5.75 Å². The van der Waals surface area contributed by atoms with Crippen LogP contribution in [0.3, 0.4) is 0 Å². The first-order valence-electron chi connectivity index (χ1n) is 9.41. The SMILES string of the molecule is Cc1ccc(Cl)cc1-c1ccc(/C=C2\SC(=O)N(CCOc3ccccc3Cl)C2=O)o1. The van der Waals surface area contributed by atoms with Crippen molar-refractivity contribution in [3.8, 4) is 17.1 Å². The number of hydrogen-bond acceptors (Lipinski definition) is 5. The summed E-state index contributed by atoms with van der Waals surface area (Å²) in [6.07, 6.45) is 1.57. The fourth-order valence-corrected chi connectivity index (χ4v) is 4.27. The molecular weight excluding hydrogens is 457 g/mol. The van der Waals surface area contributed by atoms with Crippen molar-refractivity contribution in [2.45, 2.75) is 6.92 Å². The molecule has 0 spiro atoms. The molecule has 0 aliphatic carbocycles. The Morgan fingerprint density at radius 1 is 1.10 bits per heavy atom. The number of nitrogens with zero attached hydrogens (tertiary/aromatic N) is 1. The van der Waals surface area contributed by atoms with Crippen LogP contribution in [0, 0.1) is 6.92 Å². The van der Waals surface area contributed by atoms with Crippen LogP contribution < -0.4 is 4.74 Å². The molecule has 2 heterocycles. The second kappa shape index (κ2) is 9.22. The van der Waals surface area contributed by atoms with Crippen molar-refractivity contribution in [2.24, 2.45) is 0 Å². The number of thioether (sulfide) groups is 1. The highest BCUT2D eigenvalue weighted by Gasteiger charge is 2.35. The van der Waals surface area contributed by atoms with Crippen LogP contribution in [0.15, 0.2) is 63.9 Å². The smallest absolute Gasteiger partial charge is 0.293 e. The van der Waals surface area contributed by atoms with Crippen LogP contribution in [0.1, 0.15) is 11.3 Å². The van der Waals surface area contributed by atoms with Crippen LogP contribution in [0.4, 0.5) is 4.79 Å². The van der Waals surface area contributed by atoms with Crippen LogP contribution in [0.25, 0.3) is 17.4 Å². The number of para-hydroxylation sites is 1. The summed E-state index contributed by atoms with van der Waals surface area (Å²) in [4.78, 5) is 26.4. The lowest BCUT2D eigenvalue weighted by atomic mass is 10.1. The molecule has 0 N–H and O–H groups in total. The highest BCUT2D eigenvalue weighted by atomic mass is 35.5. The van der Waals surface area contributed by atoms with Gasteiger partial charge in [0.05, 0.1) is 16.5 Å². The van der Waals surface area contributed by atoms with E-state index < -0.39 is 0 Å². The van der Waals surface area contributed by atoms with E-state index in [9.17, 15) is 9.59 Å². The van der Waals surface area contributed by atoms with Crippen LogP contribution in [0.2, 0.25) is 10.0 Å². The van der Waals surface area contributed by atoms with Crippen molar-refractivity contribution < 1.29 is 18.7 Å². The number of carbonyl (C=O) groups is 2. The summed E-state index contributed by atoms with van der Waals surface area (Å²) >= 11 is 13.0. The van der Waals surface area contributed by atoms with Gasteiger partial charge in [-0.25, -0.2) is 0 Å². The first-order valence-corrected chi connectivity index (χ1v) is 11.0. The molecule has 2 amide bonds. The maximum atomic E-state index is 12.7. The Balaban J connectivity index is 1.44. The minimum Gasteiger partial charge on any atom is -0.490 e. The molecule has 31 heavy (non-hydrogen) atoms. The summed E-state index contributed by atoms with van der Waals surface area (Å²) in [7, 11) is 0. The minimum atomic E-state index is -0.380. The number of aryl methyl sites for hydroxylation is 1. The number of carbonyl (C=O) groups excluding carboxylic acids is 2. The van der Waals surface area contributed by atoms with Crippen molar-refractivity contribution in [3.63, 3.8) is 0 Å².